The van der Waals surface area contributed by atoms with Crippen LogP contribution in [-0.2, 0) is 6.42 Å². The van der Waals surface area contributed by atoms with Gasteiger partial charge in [-0.2, -0.15) is 0 Å². The summed E-state index contributed by atoms with van der Waals surface area (Å²) in [5, 5.41) is 5.42. The Kier molecular flexibility index (Phi) is 4.29. The molecule has 90 valence electrons. The molecule has 1 atom stereocenters. The van der Waals surface area contributed by atoms with Crippen molar-refractivity contribution in [3.05, 3.63) is 52.0 Å². The van der Waals surface area contributed by atoms with Crippen molar-refractivity contribution < 1.29 is 0 Å². The average molecular weight is 246 g/mol. The van der Waals surface area contributed by atoms with E-state index in [0.29, 0.717) is 5.92 Å². The van der Waals surface area contributed by atoms with Gasteiger partial charge in [0.2, 0.25) is 0 Å². The van der Waals surface area contributed by atoms with Gasteiger partial charge in [-0.25, -0.2) is 4.98 Å². The predicted octanol–water partition coefficient (Wildman–Crippen LogP) is 3.00. The van der Waals surface area contributed by atoms with Crippen LogP contribution in [0.2, 0.25) is 0 Å². The Bertz CT molecular complexity index is 451. The Morgan fingerprint density at radius 2 is 2.18 bits per heavy atom. The van der Waals surface area contributed by atoms with E-state index in [9.17, 15) is 0 Å². The maximum absolute atomic E-state index is 4.38. The van der Waals surface area contributed by atoms with Crippen LogP contribution < -0.4 is 5.32 Å². The Balaban J connectivity index is 2.20. The van der Waals surface area contributed by atoms with Crippen LogP contribution >= 0.6 is 11.3 Å². The largest absolute Gasteiger partial charge is 0.319 e. The third-order valence-corrected chi connectivity index (χ3v) is 3.65. The van der Waals surface area contributed by atoms with Gasteiger partial charge < -0.3 is 5.32 Å². The Morgan fingerprint density at radius 1 is 1.35 bits per heavy atom. The summed E-state index contributed by atoms with van der Waals surface area (Å²) in [4.78, 5) is 4.38. The maximum atomic E-state index is 4.38. The molecule has 2 aromatic rings. The zero-order chi connectivity index (χ0) is 12.1. The summed E-state index contributed by atoms with van der Waals surface area (Å²) in [6, 6.07) is 8.62. The first-order valence-electron chi connectivity index (χ1n) is 5.88. The fourth-order valence-electron chi connectivity index (χ4n) is 2.17. The summed E-state index contributed by atoms with van der Waals surface area (Å²) in [6.07, 6.45) is 1.01. The van der Waals surface area contributed by atoms with Gasteiger partial charge in [0.1, 0.15) is 0 Å². The Morgan fingerprint density at radius 3 is 2.82 bits per heavy atom. The molecular formula is C14H18N2S. The molecule has 0 amide bonds. The number of aryl methyl sites for hydroxylation is 1. The summed E-state index contributed by atoms with van der Waals surface area (Å²) in [5.41, 5.74) is 5.89. The van der Waals surface area contributed by atoms with Crippen molar-refractivity contribution in [2.75, 3.05) is 13.6 Å². The van der Waals surface area contributed by atoms with Crippen LogP contribution in [0.25, 0.3) is 0 Å². The van der Waals surface area contributed by atoms with E-state index in [1.165, 1.54) is 16.8 Å². The third-order valence-electron chi connectivity index (χ3n) is 3.02. The van der Waals surface area contributed by atoms with E-state index in [2.05, 4.69) is 46.9 Å². The van der Waals surface area contributed by atoms with Crippen molar-refractivity contribution in [2.24, 2.45) is 0 Å². The summed E-state index contributed by atoms with van der Waals surface area (Å²) < 4.78 is 0. The molecule has 0 radical (unpaired) electrons. The average Bonchev–Trinajstić information content (AvgIpc) is 2.82. The van der Waals surface area contributed by atoms with Crippen molar-refractivity contribution in [2.45, 2.75) is 19.3 Å². The highest BCUT2D eigenvalue weighted by Crippen LogP contribution is 2.23. The fourth-order valence-corrected chi connectivity index (χ4v) is 2.75. The number of rotatable bonds is 5. The molecule has 3 heteroatoms. The molecule has 0 fully saturated rings. The lowest BCUT2D eigenvalue weighted by Crippen LogP contribution is -2.20. The zero-order valence-electron chi connectivity index (χ0n) is 10.3. The normalized spacial score (nSPS) is 12.6. The molecule has 2 rings (SSSR count). The minimum Gasteiger partial charge on any atom is -0.319 e. The highest BCUT2D eigenvalue weighted by atomic mass is 32.1. The summed E-state index contributed by atoms with van der Waals surface area (Å²) in [7, 11) is 2.01. The number of nitrogens with one attached hydrogen (secondary N) is 1. The highest BCUT2D eigenvalue weighted by Gasteiger charge is 2.14. The van der Waals surface area contributed by atoms with Gasteiger partial charge in [-0.05, 0) is 31.5 Å². The molecule has 0 aliphatic carbocycles. The fraction of sp³-hybridized carbons (Fsp3) is 0.357. The van der Waals surface area contributed by atoms with E-state index >= 15 is 0 Å². The third kappa shape index (κ3) is 3.14. The first-order chi connectivity index (χ1) is 8.31. The molecule has 1 aromatic carbocycles. The van der Waals surface area contributed by atoms with Gasteiger partial charge in [0.05, 0.1) is 11.2 Å². The van der Waals surface area contributed by atoms with Gasteiger partial charge in [-0.1, -0.05) is 24.3 Å². The van der Waals surface area contributed by atoms with Gasteiger partial charge in [-0.3, -0.25) is 0 Å². The number of hydrogen-bond donors (Lipinski definition) is 1. The lowest BCUT2D eigenvalue weighted by Gasteiger charge is -2.18. The smallest absolute Gasteiger partial charge is 0.0794 e. The van der Waals surface area contributed by atoms with Crippen molar-refractivity contribution in [3.63, 3.8) is 0 Å². The lowest BCUT2D eigenvalue weighted by atomic mass is 9.91. The molecular weight excluding hydrogens is 228 g/mol. The van der Waals surface area contributed by atoms with E-state index in [1.54, 1.807) is 11.3 Å². The second-order valence-electron chi connectivity index (χ2n) is 4.30. The Hall–Kier alpha value is -1.19. The first-order valence-corrected chi connectivity index (χ1v) is 6.82. The van der Waals surface area contributed by atoms with Crippen LogP contribution in [0.15, 0.2) is 35.2 Å². The van der Waals surface area contributed by atoms with E-state index in [0.717, 1.165) is 13.0 Å². The van der Waals surface area contributed by atoms with Gasteiger partial charge in [0, 0.05) is 17.8 Å². The summed E-state index contributed by atoms with van der Waals surface area (Å²) >= 11 is 1.67. The SMILES string of the molecule is CNCC(Cc1cscn1)c1ccccc1C. The van der Waals surface area contributed by atoms with Crippen molar-refractivity contribution in [1.82, 2.24) is 10.3 Å². The number of benzene rings is 1. The number of nitrogens with zero attached hydrogens (tertiary/aromatic N) is 1. The predicted molar refractivity (Wildman–Crippen MR) is 73.7 cm³/mol. The second-order valence-corrected chi connectivity index (χ2v) is 5.01. The van der Waals surface area contributed by atoms with Crippen molar-refractivity contribution >= 4 is 11.3 Å². The topological polar surface area (TPSA) is 24.9 Å². The van der Waals surface area contributed by atoms with Crippen LogP contribution in [-0.4, -0.2) is 18.6 Å². The van der Waals surface area contributed by atoms with Crippen LogP contribution in [0, 0.1) is 6.92 Å². The molecule has 1 heterocycles. The van der Waals surface area contributed by atoms with E-state index < -0.39 is 0 Å². The lowest BCUT2D eigenvalue weighted by molar-refractivity contribution is 0.617. The standard InChI is InChI=1S/C14H18N2S/c1-11-5-3-4-6-14(11)12(8-15-2)7-13-9-17-10-16-13/h3-6,9-10,12,15H,7-8H2,1-2H3. The molecule has 0 bridgehead atoms. The van der Waals surface area contributed by atoms with Crippen LogP contribution in [0.4, 0.5) is 0 Å². The minimum absolute atomic E-state index is 0.503. The van der Waals surface area contributed by atoms with E-state index in [-0.39, 0.29) is 0 Å². The number of hydrogen-bond acceptors (Lipinski definition) is 3. The summed E-state index contributed by atoms with van der Waals surface area (Å²) in [6.45, 7) is 3.17. The van der Waals surface area contributed by atoms with Crippen LogP contribution in [0.1, 0.15) is 22.7 Å². The number of thiazole rings is 1. The molecule has 0 saturated heterocycles. The highest BCUT2D eigenvalue weighted by molar-refractivity contribution is 7.07. The molecule has 2 nitrogen and oxygen atoms in total. The zero-order valence-corrected chi connectivity index (χ0v) is 11.1. The second kappa shape index (κ2) is 5.94. The quantitative estimate of drug-likeness (QED) is 0.877. The minimum atomic E-state index is 0.503. The molecule has 1 aromatic heterocycles. The first kappa shape index (κ1) is 12.3. The van der Waals surface area contributed by atoms with Crippen LogP contribution in [0.5, 0.6) is 0 Å². The molecule has 17 heavy (non-hydrogen) atoms. The summed E-state index contributed by atoms with van der Waals surface area (Å²) in [5.74, 6) is 0.503. The molecule has 0 aliphatic rings. The number of likely N-dealkylation sites (N-methyl/N-ethyl adjacent to an activating group) is 1. The van der Waals surface area contributed by atoms with E-state index in [1.807, 2.05) is 12.6 Å². The molecule has 1 unspecified atom stereocenters. The van der Waals surface area contributed by atoms with E-state index in [4.69, 9.17) is 0 Å². The Labute approximate surface area is 107 Å². The van der Waals surface area contributed by atoms with Crippen molar-refractivity contribution in [1.29, 1.82) is 0 Å². The van der Waals surface area contributed by atoms with Gasteiger partial charge in [0.15, 0.2) is 0 Å². The monoisotopic (exact) mass is 246 g/mol. The van der Waals surface area contributed by atoms with Gasteiger partial charge in [0.25, 0.3) is 0 Å². The number of aromatic nitrogens is 1. The molecule has 0 aliphatic heterocycles. The maximum Gasteiger partial charge on any atom is 0.0794 e. The molecule has 1 N–H and O–H groups in total. The van der Waals surface area contributed by atoms with Gasteiger partial charge in [-0.15, -0.1) is 11.3 Å². The molecule has 0 spiro atoms. The molecule has 0 saturated carbocycles. The van der Waals surface area contributed by atoms with Crippen LogP contribution in [0.3, 0.4) is 0 Å². The van der Waals surface area contributed by atoms with Crippen molar-refractivity contribution in [3.8, 4) is 0 Å². The van der Waals surface area contributed by atoms with Gasteiger partial charge >= 0.3 is 0 Å².